The van der Waals surface area contributed by atoms with Crippen molar-refractivity contribution in [2.24, 2.45) is 0 Å². The lowest BCUT2D eigenvalue weighted by Crippen LogP contribution is -2.08. The molecule has 2 atom stereocenters. The Bertz CT molecular complexity index is 94.7. The molecule has 1 aliphatic heterocycles. The molecule has 0 aromatic rings. The minimum atomic E-state index is 0.495. The van der Waals surface area contributed by atoms with Gasteiger partial charge in [-0.25, -0.2) is 0 Å². The van der Waals surface area contributed by atoms with Gasteiger partial charge in [-0.1, -0.05) is 6.92 Å². The lowest BCUT2D eigenvalue weighted by molar-refractivity contribution is 0.0223. The van der Waals surface area contributed by atoms with Gasteiger partial charge in [-0.15, -0.1) is 0 Å². The van der Waals surface area contributed by atoms with Gasteiger partial charge in [0, 0.05) is 6.61 Å². The van der Waals surface area contributed by atoms with Crippen LogP contribution in [0.5, 0.6) is 0 Å². The smallest absolute Gasteiger partial charge is 0.116 e. The van der Waals surface area contributed by atoms with Gasteiger partial charge in [-0.05, 0) is 6.42 Å². The van der Waals surface area contributed by atoms with Gasteiger partial charge in [-0.3, -0.25) is 0 Å². The first-order chi connectivity index (χ1) is 3.93. The van der Waals surface area contributed by atoms with Gasteiger partial charge in [0.05, 0.1) is 0 Å². The van der Waals surface area contributed by atoms with Crippen LogP contribution in [0.2, 0.25) is 0 Å². The number of hydrogen-bond donors (Lipinski definition) is 0. The first-order valence-corrected chi connectivity index (χ1v) is 3.20. The summed E-state index contributed by atoms with van der Waals surface area (Å²) in [5.74, 6) is 0. The maximum atomic E-state index is 5.34. The van der Waals surface area contributed by atoms with Crippen LogP contribution < -0.4 is 0 Å². The van der Waals surface area contributed by atoms with E-state index in [2.05, 4.69) is 6.92 Å². The van der Waals surface area contributed by atoms with Crippen molar-refractivity contribution in [2.45, 2.75) is 31.7 Å². The van der Waals surface area contributed by atoms with Crippen molar-refractivity contribution in [3.8, 4) is 0 Å². The Balaban J connectivity index is 1.59. The number of hydrogen-bond acceptors (Lipinski definition) is 2. The Labute approximate surface area is 48.8 Å². The summed E-state index contributed by atoms with van der Waals surface area (Å²) in [6.45, 7) is 3.02. The maximum Gasteiger partial charge on any atom is 0.116 e. The third-order valence-corrected chi connectivity index (χ3v) is 1.58. The third-order valence-electron chi connectivity index (χ3n) is 1.58. The average molecular weight is 114 g/mol. The Hall–Kier alpha value is -0.0800. The fourth-order valence-corrected chi connectivity index (χ4v) is 0.877. The highest BCUT2D eigenvalue weighted by Gasteiger charge is 2.69. The molecule has 2 unspecified atom stereocenters. The molecule has 0 N–H and O–H groups in total. The minimum absolute atomic E-state index is 0.495. The summed E-state index contributed by atoms with van der Waals surface area (Å²) < 4.78 is 10.3. The zero-order valence-corrected chi connectivity index (χ0v) is 4.96. The monoisotopic (exact) mass is 114 g/mol. The highest BCUT2D eigenvalue weighted by atomic mass is 16.7. The van der Waals surface area contributed by atoms with Crippen LogP contribution in [-0.4, -0.2) is 24.9 Å². The van der Waals surface area contributed by atoms with Crippen molar-refractivity contribution in [1.82, 2.24) is 0 Å². The van der Waals surface area contributed by atoms with Crippen molar-refractivity contribution in [3.05, 3.63) is 0 Å². The lowest BCUT2D eigenvalue weighted by Gasteiger charge is -2.01. The van der Waals surface area contributed by atoms with Gasteiger partial charge in [0.1, 0.15) is 18.3 Å². The second-order valence-corrected chi connectivity index (χ2v) is 2.40. The Morgan fingerprint density at radius 1 is 1.50 bits per heavy atom. The molecule has 8 heavy (non-hydrogen) atoms. The molecule has 2 nitrogen and oxygen atoms in total. The van der Waals surface area contributed by atoms with E-state index in [0.29, 0.717) is 18.3 Å². The third kappa shape index (κ3) is 0.565. The summed E-state index contributed by atoms with van der Waals surface area (Å²) in [5.41, 5.74) is 0. The van der Waals surface area contributed by atoms with Crippen molar-refractivity contribution in [3.63, 3.8) is 0 Å². The Morgan fingerprint density at radius 2 is 2.25 bits per heavy atom. The fraction of sp³-hybridized carbons (Fsp3) is 1.00. The van der Waals surface area contributed by atoms with Gasteiger partial charge in [0.15, 0.2) is 0 Å². The molecular formula is C6H10O2. The Morgan fingerprint density at radius 3 is 2.62 bits per heavy atom. The van der Waals surface area contributed by atoms with Crippen molar-refractivity contribution < 1.29 is 9.47 Å². The van der Waals surface area contributed by atoms with E-state index in [1.165, 1.54) is 0 Å². The summed E-state index contributed by atoms with van der Waals surface area (Å²) in [4.78, 5) is 0. The normalized spacial score (nSPS) is 48.4. The molecule has 0 bridgehead atoms. The second-order valence-electron chi connectivity index (χ2n) is 2.40. The molecule has 0 amide bonds. The molecule has 2 fully saturated rings. The van der Waals surface area contributed by atoms with Crippen molar-refractivity contribution in [2.75, 3.05) is 6.61 Å². The van der Waals surface area contributed by atoms with Crippen LogP contribution in [-0.2, 0) is 9.47 Å². The molecule has 2 aliphatic rings. The van der Waals surface area contributed by atoms with Gasteiger partial charge in [-0.2, -0.15) is 0 Å². The predicted octanol–water partition coefficient (Wildman–Crippen LogP) is 0.563. The van der Waals surface area contributed by atoms with Gasteiger partial charge in [0.2, 0.25) is 0 Å². The molecule has 1 heterocycles. The van der Waals surface area contributed by atoms with E-state index in [0.717, 1.165) is 13.0 Å². The van der Waals surface area contributed by atoms with E-state index in [1.807, 2.05) is 0 Å². The molecule has 0 radical (unpaired) electrons. The SMILES string of the molecule is CCCOC1C2OC12. The summed E-state index contributed by atoms with van der Waals surface area (Å²) >= 11 is 0. The highest BCUT2D eigenvalue weighted by molar-refractivity contribution is 5.16. The summed E-state index contributed by atoms with van der Waals surface area (Å²) in [5, 5.41) is 0. The van der Waals surface area contributed by atoms with E-state index in [1.54, 1.807) is 0 Å². The van der Waals surface area contributed by atoms with Crippen molar-refractivity contribution in [1.29, 1.82) is 0 Å². The van der Waals surface area contributed by atoms with Crippen LogP contribution in [0.4, 0.5) is 0 Å². The van der Waals surface area contributed by atoms with Crippen LogP contribution in [0.1, 0.15) is 13.3 Å². The molecule has 46 valence electrons. The quantitative estimate of drug-likeness (QED) is 0.500. The van der Waals surface area contributed by atoms with Gasteiger partial charge in [0.25, 0.3) is 0 Å². The zero-order chi connectivity index (χ0) is 5.56. The van der Waals surface area contributed by atoms with E-state index in [-0.39, 0.29) is 0 Å². The largest absolute Gasteiger partial charge is 0.373 e. The predicted molar refractivity (Wildman–Crippen MR) is 28.7 cm³/mol. The topological polar surface area (TPSA) is 21.8 Å². The fourth-order valence-electron chi connectivity index (χ4n) is 0.877. The summed E-state index contributed by atoms with van der Waals surface area (Å²) in [7, 11) is 0. The van der Waals surface area contributed by atoms with Crippen molar-refractivity contribution >= 4 is 0 Å². The highest BCUT2D eigenvalue weighted by Crippen LogP contribution is 2.49. The van der Waals surface area contributed by atoms with Crippen LogP contribution in [0, 0.1) is 0 Å². The zero-order valence-electron chi connectivity index (χ0n) is 4.96. The lowest BCUT2D eigenvalue weighted by atomic mass is 10.5. The van der Waals surface area contributed by atoms with Crippen LogP contribution in [0.15, 0.2) is 0 Å². The first kappa shape index (κ1) is 4.77. The molecule has 2 rings (SSSR count). The molecule has 0 aromatic carbocycles. The first-order valence-electron chi connectivity index (χ1n) is 3.20. The average Bonchev–Trinajstić information content (AvgIpc) is 2.50. The standard InChI is InChI=1S/C6H10O2/c1-2-3-7-4-5-6(4)8-5/h4-6H,2-3H2,1H3. The molecule has 2 heteroatoms. The number of ether oxygens (including phenoxy) is 2. The number of fused-ring (bicyclic) bond motifs is 1. The molecular weight excluding hydrogens is 104 g/mol. The van der Waals surface area contributed by atoms with E-state index in [4.69, 9.17) is 9.47 Å². The maximum absolute atomic E-state index is 5.34. The second kappa shape index (κ2) is 1.45. The van der Waals surface area contributed by atoms with Crippen LogP contribution in [0.25, 0.3) is 0 Å². The summed E-state index contributed by atoms with van der Waals surface area (Å²) in [6, 6.07) is 0. The van der Waals surface area contributed by atoms with E-state index in [9.17, 15) is 0 Å². The molecule has 1 saturated carbocycles. The Kier molecular flexibility index (Phi) is 0.866. The van der Waals surface area contributed by atoms with Gasteiger partial charge < -0.3 is 9.47 Å². The number of epoxide rings is 1. The number of rotatable bonds is 3. The minimum Gasteiger partial charge on any atom is -0.373 e. The van der Waals surface area contributed by atoms with Crippen LogP contribution in [0.3, 0.4) is 0 Å². The van der Waals surface area contributed by atoms with E-state index < -0.39 is 0 Å². The molecule has 0 spiro atoms. The molecule has 1 saturated heterocycles. The van der Waals surface area contributed by atoms with Crippen LogP contribution >= 0.6 is 0 Å². The molecule has 1 aliphatic carbocycles. The van der Waals surface area contributed by atoms with E-state index >= 15 is 0 Å². The molecule has 0 aromatic heterocycles. The van der Waals surface area contributed by atoms with Gasteiger partial charge >= 0.3 is 0 Å². The summed E-state index contributed by atoms with van der Waals surface area (Å²) in [6.07, 6.45) is 2.65.